The van der Waals surface area contributed by atoms with Crippen molar-refractivity contribution in [2.45, 2.75) is 64.6 Å². The molecule has 224 valence electrons. The molecule has 4 rings (SSSR count). The highest BCUT2D eigenvalue weighted by Crippen LogP contribution is 2.32. The molecule has 0 saturated carbocycles. The average Bonchev–Trinajstić information content (AvgIpc) is 3.38. The van der Waals surface area contributed by atoms with Gasteiger partial charge in [0.05, 0.1) is 22.5 Å². The summed E-state index contributed by atoms with van der Waals surface area (Å²) in [5.74, 6) is -1.78. The first kappa shape index (κ1) is 31.2. The Hall–Kier alpha value is -3.70. The Morgan fingerprint density at radius 3 is 1.95 bits per heavy atom. The molecule has 0 amide bonds. The van der Waals surface area contributed by atoms with Gasteiger partial charge in [-0.15, -0.1) is 0 Å². The summed E-state index contributed by atoms with van der Waals surface area (Å²) >= 11 is 0. The number of benzene rings is 2. The minimum atomic E-state index is -0.956. The van der Waals surface area contributed by atoms with Gasteiger partial charge in [-0.05, 0) is 36.6 Å². The fourth-order valence-corrected chi connectivity index (χ4v) is 4.98. The van der Waals surface area contributed by atoms with Crippen LogP contribution >= 0.6 is 0 Å². The number of imidazole rings is 1. The van der Waals surface area contributed by atoms with Gasteiger partial charge >= 0.3 is 5.97 Å². The highest BCUT2D eigenvalue weighted by Gasteiger charge is 2.32. The van der Waals surface area contributed by atoms with Gasteiger partial charge in [0, 0.05) is 53.7 Å². The van der Waals surface area contributed by atoms with Crippen LogP contribution in [0.15, 0.2) is 48.5 Å². The number of hydrogen-bond acceptors (Lipinski definition) is 8. The van der Waals surface area contributed by atoms with Crippen molar-refractivity contribution in [1.29, 1.82) is 0 Å². The van der Waals surface area contributed by atoms with Crippen LogP contribution in [0.4, 0.5) is 0 Å². The predicted molar refractivity (Wildman–Crippen MR) is 160 cm³/mol. The van der Waals surface area contributed by atoms with Crippen molar-refractivity contribution in [1.82, 2.24) is 19.7 Å². The molecule has 2 heterocycles. The lowest BCUT2D eigenvalue weighted by molar-refractivity contribution is -0.193. The molecule has 10 nitrogen and oxygen atoms in total. The fraction of sp³-hybridized carbons (Fsp3) is 0.438. The predicted octanol–water partition coefficient (Wildman–Crippen LogP) is 5.47. The van der Waals surface area contributed by atoms with Gasteiger partial charge in [-0.1, -0.05) is 56.3 Å². The van der Waals surface area contributed by atoms with E-state index >= 15 is 0 Å². The molecule has 0 aliphatic carbocycles. The highest BCUT2D eigenvalue weighted by atomic mass is 16.7. The largest absolute Gasteiger partial charge is 0.478 e. The van der Waals surface area contributed by atoms with E-state index in [0.717, 1.165) is 28.0 Å². The third kappa shape index (κ3) is 6.37. The summed E-state index contributed by atoms with van der Waals surface area (Å²) in [4.78, 5) is 16.9. The number of ether oxygens (including phenoxy) is 4. The zero-order chi connectivity index (χ0) is 30.7. The monoisotopic (exact) mass is 576 g/mol. The van der Waals surface area contributed by atoms with Crippen molar-refractivity contribution < 1.29 is 28.8 Å². The van der Waals surface area contributed by atoms with Gasteiger partial charge in [0.25, 0.3) is 0 Å². The summed E-state index contributed by atoms with van der Waals surface area (Å²) in [6, 6.07) is 14.9. The molecular weight excluding hydrogens is 536 g/mol. The van der Waals surface area contributed by atoms with Crippen LogP contribution in [-0.2, 0) is 38.3 Å². The van der Waals surface area contributed by atoms with Crippen molar-refractivity contribution >= 4 is 17.0 Å². The first-order chi connectivity index (χ1) is 20.0. The van der Waals surface area contributed by atoms with Crippen LogP contribution in [-0.4, -0.2) is 70.8 Å². The third-order valence-electron chi connectivity index (χ3n) is 7.82. The van der Waals surface area contributed by atoms with Crippen LogP contribution in [0.5, 0.6) is 0 Å². The minimum Gasteiger partial charge on any atom is -0.478 e. The quantitative estimate of drug-likeness (QED) is 0.207. The Morgan fingerprint density at radius 1 is 0.857 bits per heavy atom. The van der Waals surface area contributed by atoms with Crippen LogP contribution < -0.4 is 0 Å². The minimum absolute atomic E-state index is 0.104. The summed E-state index contributed by atoms with van der Waals surface area (Å²) in [5.41, 5.74) is 5.73. The van der Waals surface area contributed by atoms with Gasteiger partial charge in [0.2, 0.25) is 0 Å². The lowest BCUT2D eigenvalue weighted by atomic mass is 9.98. The van der Waals surface area contributed by atoms with Gasteiger partial charge in [0.1, 0.15) is 11.3 Å². The maximum Gasteiger partial charge on any atom is 0.336 e. The molecule has 0 spiro atoms. The fourth-order valence-electron chi connectivity index (χ4n) is 4.98. The van der Waals surface area contributed by atoms with Gasteiger partial charge in [0.15, 0.2) is 11.6 Å². The number of nitrogens with zero attached hydrogens (tertiary/aromatic N) is 4. The molecule has 2 aromatic carbocycles. The molecule has 0 saturated heterocycles. The average molecular weight is 577 g/mol. The second kappa shape index (κ2) is 12.7. The maximum atomic E-state index is 11.8. The lowest BCUT2D eigenvalue weighted by Crippen LogP contribution is -2.34. The molecule has 4 aromatic rings. The molecule has 0 bridgehead atoms. The maximum absolute atomic E-state index is 11.8. The Balaban J connectivity index is 1.85. The van der Waals surface area contributed by atoms with E-state index in [1.807, 2.05) is 50.2 Å². The molecular formula is C32H40N4O6. The number of fused-ring (bicyclic) bond motifs is 1. The summed E-state index contributed by atoms with van der Waals surface area (Å²) in [6.07, 6.45) is 0.700. The molecule has 2 aromatic heterocycles. The van der Waals surface area contributed by atoms with E-state index in [-0.39, 0.29) is 11.5 Å². The molecule has 0 fully saturated rings. The first-order valence-corrected chi connectivity index (χ1v) is 13.8. The number of rotatable bonds is 13. The topological polar surface area (TPSA) is 118 Å². The van der Waals surface area contributed by atoms with Crippen LogP contribution in [0, 0.1) is 0 Å². The van der Waals surface area contributed by atoms with Crippen molar-refractivity contribution in [3.63, 3.8) is 0 Å². The van der Waals surface area contributed by atoms with E-state index < -0.39 is 17.5 Å². The molecule has 0 aliphatic heterocycles. The smallest absolute Gasteiger partial charge is 0.336 e. The summed E-state index contributed by atoms with van der Waals surface area (Å²) < 4.78 is 24.8. The number of aromatic carboxylic acids is 1. The molecule has 1 N–H and O–H groups in total. The van der Waals surface area contributed by atoms with E-state index in [1.54, 1.807) is 40.6 Å². The van der Waals surface area contributed by atoms with Crippen molar-refractivity contribution in [2.75, 3.05) is 28.4 Å². The van der Waals surface area contributed by atoms with Crippen LogP contribution in [0.1, 0.15) is 66.7 Å². The van der Waals surface area contributed by atoms with E-state index in [2.05, 4.69) is 28.6 Å². The van der Waals surface area contributed by atoms with Crippen LogP contribution in [0.2, 0.25) is 0 Å². The number of aromatic nitrogens is 4. The molecule has 0 radical (unpaired) electrons. The van der Waals surface area contributed by atoms with Crippen molar-refractivity contribution in [3.05, 3.63) is 76.9 Å². The van der Waals surface area contributed by atoms with E-state index in [4.69, 9.17) is 23.9 Å². The molecule has 0 unspecified atom stereocenters. The molecule has 10 heteroatoms. The molecule has 42 heavy (non-hydrogen) atoms. The third-order valence-corrected chi connectivity index (χ3v) is 7.82. The van der Waals surface area contributed by atoms with Gasteiger partial charge in [-0.2, -0.15) is 10.2 Å². The SMILES string of the molecule is COC(C)(Cc1nnc(CC(C)(OC)OC)c2c1nc(C(C)C)n2Cc1ccc(-c2ccccc2C(=O)O)cc1)OC. The number of carbonyl (C=O) groups is 1. The number of carboxylic acids is 1. The zero-order valence-corrected chi connectivity index (χ0v) is 25.6. The van der Waals surface area contributed by atoms with E-state index in [1.165, 1.54) is 0 Å². The summed E-state index contributed by atoms with van der Waals surface area (Å²) in [6.45, 7) is 8.44. The lowest BCUT2D eigenvalue weighted by Gasteiger charge is -2.27. The van der Waals surface area contributed by atoms with E-state index in [0.29, 0.717) is 36.3 Å². The van der Waals surface area contributed by atoms with Crippen LogP contribution in [0.25, 0.3) is 22.2 Å². The van der Waals surface area contributed by atoms with Gasteiger partial charge in [-0.3, -0.25) is 0 Å². The van der Waals surface area contributed by atoms with Crippen molar-refractivity contribution in [3.8, 4) is 11.1 Å². The first-order valence-electron chi connectivity index (χ1n) is 13.8. The van der Waals surface area contributed by atoms with Gasteiger partial charge < -0.3 is 28.6 Å². The van der Waals surface area contributed by atoms with Crippen LogP contribution in [0.3, 0.4) is 0 Å². The normalized spacial score (nSPS) is 12.4. The number of hydrogen-bond donors (Lipinski definition) is 1. The number of carboxylic acid groups (broad SMARTS) is 1. The molecule has 0 atom stereocenters. The highest BCUT2D eigenvalue weighted by molar-refractivity contribution is 5.96. The zero-order valence-electron chi connectivity index (χ0n) is 25.6. The van der Waals surface area contributed by atoms with E-state index in [9.17, 15) is 9.90 Å². The second-order valence-corrected chi connectivity index (χ2v) is 11.0. The second-order valence-electron chi connectivity index (χ2n) is 11.0. The summed E-state index contributed by atoms with van der Waals surface area (Å²) in [7, 11) is 6.40. The number of methoxy groups -OCH3 is 4. The Kier molecular flexibility index (Phi) is 9.42. The Morgan fingerprint density at radius 2 is 1.40 bits per heavy atom. The molecule has 0 aliphatic rings. The Labute approximate surface area is 246 Å². The van der Waals surface area contributed by atoms with Gasteiger partial charge in [-0.25, -0.2) is 9.78 Å². The standard InChI is InChI=1S/C32H40N4O6/c1-20(2)29-33-27-25(17-31(3,39-5)40-6)34-35-26(18-32(4,41-7)42-8)28(27)36(29)19-21-13-15-22(16-14-21)23-11-9-10-12-24(23)30(37)38/h9-16,20H,17-19H2,1-8H3,(H,37,38). The Bertz CT molecular complexity index is 1540. The van der Waals surface area contributed by atoms with Crippen molar-refractivity contribution in [2.24, 2.45) is 0 Å². The summed E-state index contributed by atoms with van der Waals surface area (Å²) in [5, 5.41) is 18.9.